The SMILES string of the molecule is CC(C)(C)c1ccc([P](=O)c2ccccc2)cc1. The lowest BCUT2D eigenvalue weighted by Gasteiger charge is -2.19. The molecule has 0 spiro atoms. The van der Waals surface area contributed by atoms with Crippen molar-refractivity contribution < 1.29 is 4.57 Å². The van der Waals surface area contributed by atoms with E-state index in [-0.39, 0.29) is 5.41 Å². The van der Waals surface area contributed by atoms with Gasteiger partial charge in [-0.2, -0.15) is 0 Å². The summed E-state index contributed by atoms with van der Waals surface area (Å²) in [6.45, 7) is 6.54. The Balaban J connectivity index is 2.28. The van der Waals surface area contributed by atoms with Crippen LogP contribution >= 0.6 is 7.80 Å². The molecule has 0 bridgehead atoms. The molecule has 0 aliphatic carbocycles. The lowest BCUT2D eigenvalue weighted by Crippen LogP contribution is -2.13. The van der Waals surface area contributed by atoms with E-state index < -0.39 is 7.80 Å². The summed E-state index contributed by atoms with van der Waals surface area (Å²) in [5.41, 5.74) is 1.40. The smallest absolute Gasteiger partial charge is 0.136 e. The van der Waals surface area contributed by atoms with Crippen molar-refractivity contribution in [1.82, 2.24) is 0 Å². The maximum absolute atomic E-state index is 12.4. The van der Waals surface area contributed by atoms with Gasteiger partial charge in [-0.15, -0.1) is 0 Å². The molecule has 2 aromatic carbocycles. The summed E-state index contributed by atoms with van der Waals surface area (Å²) in [7, 11) is -1.47. The Hall–Kier alpha value is -1.46. The molecule has 2 heteroatoms. The van der Waals surface area contributed by atoms with E-state index >= 15 is 0 Å². The van der Waals surface area contributed by atoms with Crippen LogP contribution in [-0.2, 0) is 9.98 Å². The van der Waals surface area contributed by atoms with Gasteiger partial charge in [0.25, 0.3) is 0 Å². The number of hydrogen-bond acceptors (Lipinski definition) is 1. The molecule has 0 aliphatic rings. The fourth-order valence-corrected chi connectivity index (χ4v) is 2.97. The molecule has 18 heavy (non-hydrogen) atoms. The molecule has 0 heterocycles. The molecule has 93 valence electrons. The maximum atomic E-state index is 12.4. The second kappa shape index (κ2) is 5.04. The second-order valence-corrected chi connectivity index (χ2v) is 7.05. The summed E-state index contributed by atoms with van der Waals surface area (Å²) in [4.78, 5) is 0. The third-order valence-electron chi connectivity index (χ3n) is 2.96. The van der Waals surface area contributed by atoms with E-state index in [1.54, 1.807) is 0 Å². The van der Waals surface area contributed by atoms with Crippen molar-refractivity contribution in [3.05, 3.63) is 60.2 Å². The monoisotopic (exact) mass is 257 g/mol. The van der Waals surface area contributed by atoms with Gasteiger partial charge in [-0.05, 0) is 35.2 Å². The van der Waals surface area contributed by atoms with Crippen molar-refractivity contribution in [3.8, 4) is 0 Å². The first-order chi connectivity index (χ1) is 8.48. The van der Waals surface area contributed by atoms with Crippen molar-refractivity contribution in [3.63, 3.8) is 0 Å². The average Bonchev–Trinajstić information content (AvgIpc) is 2.38. The summed E-state index contributed by atoms with van der Waals surface area (Å²) in [5, 5.41) is 1.78. The van der Waals surface area contributed by atoms with Gasteiger partial charge < -0.3 is 0 Å². The Kier molecular flexibility index (Phi) is 3.63. The highest BCUT2D eigenvalue weighted by molar-refractivity contribution is 7.61. The predicted molar refractivity (Wildman–Crippen MR) is 78.5 cm³/mol. The van der Waals surface area contributed by atoms with Gasteiger partial charge in [0.15, 0.2) is 0 Å². The van der Waals surface area contributed by atoms with Crippen molar-refractivity contribution in [2.24, 2.45) is 0 Å². The van der Waals surface area contributed by atoms with E-state index in [1.165, 1.54) is 5.56 Å². The third-order valence-corrected chi connectivity index (χ3v) is 4.49. The minimum absolute atomic E-state index is 0.136. The number of rotatable bonds is 2. The Morgan fingerprint density at radius 1 is 0.778 bits per heavy atom. The lowest BCUT2D eigenvalue weighted by atomic mass is 9.87. The van der Waals surface area contributed by atoms with Crippen LogP contribution in [0.15, 0.2) is 54.6 Å². The van der Waals surface area contributed by atoms with E-state index in [1.807, 2.05) is 42.5 Å². The topological polar surface area (TPSA) is 17.1 Å². The first-order valence-corrected chi connectivity index (χ1v) is 7.37. The highest BCUT2D eigenvalue weighted by Crippen LogP contribution is 2.24. The van der Waals surface area contributed by atoms with Crippen LogP contribution in [0.1, 0.15) is 26.3 Å². The van der Waals surface area contributed by atoms with Gasteiger partial charge in [0.05, 0.1) is 0 Å². The zero-order chi connectivity index (χ0) is 13.2. The molecule has 2 aromatic rings. The number of hydrogen-bond donors (Lipinski definition) is 0. The molecule has 0 N–H and O–H groups in total. The lowest BCUT2D eigenvalue weighted by molar-refractivity contribution is 0.590. The summed E-state index contributed by atoms with van der Waals surface area (Å²) in [5.74, 6) is 0. The molecule has 0 amide bonds. The highest BCUT2D eigenvalue weighted by atomic mass is 31.1. The summed E-state index contributed by atoms with van der Waals surface area (Å²) in [6, 6.07) is 17.7. The van der Waals surface area contributed by atoms with E-state index in [9.17, 15) is 4.57 Å². The molecule has 1 radical (unpaired) electrons. The average molecular weight is 257 g/mol. The largest absolute Gasteiger partial charge is 0.277 e. The summed E-state index contributed by atoms with van der Waals surface area (Å²) in [6.07, 6.45) is 0. The third kappa shape index (κ3) is 2.86. The Morgan fingerprint density at radius 3 is 1.78 bits per heavy atom. The van der Waals surface area contributed by atoms with Crippen LogP contribution in [0, 0.1) is 0 Å². The Bertz CT molecular complexity index is 536. The van der Waals surface area contributed by atoms with E-state index in [0.29, 0.717) is 0 Å². The highest BCUT2D eigenvalue weighted by Gasteiger charge is 2.14. The first kappa shape index (κ1) is 13.0. The normalized spacial score (nSPS) is 12.3. The zero-order valence-corrected chi connectivity index (χ0v) is 11.9. The minimum atomic E-state index is -1.47. The van der Waals surface area contributed by atoms with Gasteiger partial charge in [-0.1, -0.05) is 51.1 Å². The van der Waals surface area contributed by atoms with Crippen LogP contribution in [0.3, 0.4) is 0 Å². The van der Waals surface area contributed by atoms with Crippen LogP contribution in [0.4, 0.5) is 0 Å². The van der Waals surface area contributed by atoms with Crippen LogP contribution in [0.5, 0.6) is 0 Å². The standard InChI is InChI=1S/C16H18OP/c1-16(2,3)13-9-11-15(12-10-13)18(17)14-7-5-4-6-8-14/h4-12H,1-3H3. The Morgan fingerprint density at radius 2 is 1.28 bits per heavy atom. The Labute approximate surface area is 110 Å². The van der Waals surface area contributed by atoms with Crippen LogP contribution < -0.4 is 10.6 Å². The second-order valence-electron chi connectivity index (χ2n) is 5.43. The quantitative estimate of drug-likeness (QED) is 0.749. The van der Waals surface area contributed by atoms with Gasteiger partial charge >= 0.3 is 0 Å². The predicted octanol–water partition coefficient (Wildman–Crippen LogP) is 3.76. The van der Waals surface area contributed by atoms with Crippen molar-refractivity contribution in [2.75, 3.05) is 0 Å². The molecule has 0 fully saturated rings. The fourth-order valence-electron chi connectivity index (χ4n) is 1.81. The van der Waals surface area contributed by atoms with E-state index in [4.69, 9.17) is 0 Å². The zero-order valence-electron chi connectivity index (χ0n) is 11.1. The summed E-state index contributed by atoms with van der Waals surface area (Å²) < 4.78 is 12.4. The molecule has 1 unspecified atom stereocenters. The van der Waals surface area contributed by atoms with Gasteiger partial charge in [-0.3, -0.25) is 4.57 Å². The molecule has 2 rings (SSSR count). The van der Waals surface area contributed by atoms with Crippen LogP contribution in [0.25, 0.3) is 0 Å². The summed E-state index contributed by atoms with van der Waals surface area (Å²) >= 11 is 0. The molecular weight excluding hydrogens is 239 g/mol. The van der Waals surface area contributed by atoms with Gasteiger partial charge in [0.1, 0.15) is 7.80 Å². The molecule has 1 nitrogen and oxygen atoms in total. The van der Waals surface area contributed by atoms with E-state index in [2.05, 4.69) is 32.9 Å². The van der Waals surface area contributed by atoms with Crippen molar-refractivity contribution >= 4 is 18.4 Å². The minimum Gasteiger partial charge on any atom is -0.277 e. The van der Waals surface area contributed by atoms with Crippen molar-refractivity contribution in [2.45, 2.75) is 26.2 Å². The molecule has 0 saturated heterocycles. The van der Waals surface area contributed by atoms with Gasteiger partial charge in [0, 0.05) is 10.6 Å². The molecule has 0 aliphatic heterocycles. The van der Waals surface area contributed by atoms with Gasteiger partial charge in [0.2, 0.25) is 0 Å². The van der Waals surface area contributed by atoms with E-state index in [0.717, 1.165) is 10.6 Å². The molecule has 0 aromatic heterocycles. The molecule has 0 saturated carbocycles. The maximum Gasteiger partial charge on any atom is 0.136 e. The first-order valence-electron chi connectivity index (χ1n) is 6.11. The van der Waals surface area contributed by atoms with Crippen LogP contribution in [-0.4, -0.2) is 0 Å². The van der Waals surface area contributed by atoms with Gasteiger partial charge in [-0.25, -0.2) is 0 Å². The molecule has 1 atom stereocenters. The number of benzene rings is 2. The van der Waals surface area contributed by atoms with Crippen LogP contribution in [0.2, 0.25) is 0 Å². The molecular formula is C16H18OP. The fraction of sp³-hybridized carbons (Fsp3) is 0.250. The van der Waals surface area contributed by atoms with Crippen molar-refractivity contribution in [1.29, 1.82) is 0 Å².